The number of carbonyl (C=O) groups is 2. The molecule has 2 aromatic rings. The highest BCUT2D eigenvalue weighted by Gasteiger charge is 2.32. The maximum atomic E-state index is 13.6. The number of sulfonamides is 1. The van der Waals surface area contributed by atoms with Crippen molar-refractivity contribution in [1.82, 2.24) is 14.9 Å². The zero-order valence-corrected chi connectivity index (χ0v) is 27.8. The van der Waals surface area contributed by atoms with E-state index < -0.39 is 22.0 Å². The standard InChI is InChI=1S/C25H35N3O4S.C7H14N2O2/c1-14(2)18-11-20(15(3)4)23(21(12-18)16(5)6)33(31,32)28-22(25(29)30)13-17-9-7-8-10-19(17)24(26)27;1-2-11-7(10)9-5-3-8-4-6-9/h7-12,14-16,22,28H,13H2,1-6H3,(H3,26,27)(H,29,30);8H,2-6H2,1H3. The summed E-state index contributed by atoms with van der Waals surface area (Å²) in [7, 11) is -4.17. The smallest absolute Gasteiger partial charge is 0.409 e. The maximum absolute atomic E-state index is 13.6. The monoisotopic (exact) mass is 631 g/mol. The Bertz CT molecular complexity index is 1370. The molecule has 1 unspecified atom stereocenters. The van der Waals surface area contributed by atoms with Gasteiger partial charge in [-0.1, -0.05) is 77.9 Å². The third-order valence-electron chi connectivity index (χ3n) is 7.32. The molecule has 0 radical (unpaired) electrons. The van der Waals surface area contributed by atoms with Crippen LogP contribution in [0.15, 0.2) is 41.3 Å². The minimum atomic E-state index is -4.17. The largest absolute Gasteiger partial charge is 0.480 e. The van der Waals surface area contributed by atoms with E-state index in [-0.39, 0.29) is 41.0 Å². The molecule has 244 valence electrons. The highest BCUT2D eigenvalue weighted by molar-refractivity contribution is 7.89. The highest BCUT2D eigenvalue weighted by atomic mass is 32.2. The summed E-state index contributed by atoms with van der Waals surface area (Å²) in [6.45, 7) is 17.4. The molecule has 3 rings (SSSR count). The number of carboxylic acids is 1. The van der Waals surface area contributed by atoms with Crippen molar-refractivity contribution in [1.29, 1.82) is 5.41 Å². The summed E-state index contributed by atoms with van der Waals surface area (Å²) >= 11 is 0. The number of nitrogens with two attached hydrogens (primary N) is 1. The first-order valence-electron chi connectivity index (χ1n) is 15.1. The number of nitrogen functional groups attached to an aromatic ring is 1. The Balaban J connectivity index is 0.000000514. The fraction of sp³-hybridized carbons (Fsp3) is 0.531. The van der Waals surface area contributed by atoms with Gasteiger partial charge >= 0.3 is 12.1 Å². The van der Waals surface area contributed by atoms with Crippen LogP contribution >= 0.6 is 0 Å². The Morgan fingerprint density at radius 3 is 2.02 bits per heavy atom. The molecule has 0 aliphatic carbocycles. The Kier molecular flexibility index (Phi) is 13.8. The lowest BCUT2D eigenvalue weighted by molar-refractivity contribution is -0.138. The first-order valence-corrected chi connectivity index (χ1v) is 16.6. The van der Waals surface area contributed by atoms with E-state index in [4.69, 9.17) is 15.9 Å². The number of hydrogen-bond acceptors (Lipinski definition) is 7. The van der Waals surface area contributed by atoms with Crippen molar-refractivity contribution in [3.8, 4) is 0 Å². The Morgan fingerprint density at radius 2 is 1.57 bits per heavy atom. The molecule has 0 bridgehead atoms. The topological polar surface area (TPSA) is 175 Å². The van der Waals surface area contributed by atoms with Crippen LogP contribution in [-0.4, -0.2) is 75.2 Å². The van der Waals surface area contributed by atoms with Crippen molar-refractivity contribution in [2.75, 3.05) is 32.8 Å². The molecule has 1 aliphatic heterocycles. The number of rotatable bonds is 11. The molecular weight excluding hydrogens is 582 g/mol. The van der Waals surface area contributed by atoms with Gasteiger partial charge in [-0.3, -0.25) is 10.2 Å². The molecule has 0 aromatic heterocycles. The van der Waals surface area contributed by atoms with Gasteiger partial charge in [0.1, 0.15) is 11.9 Å². The lowest BCUT2D eigenvalue weighted by Crippen LogP contribution is -2.46. The molecule has 0 saturated carbocycles. The van der Waals surface area contributed by atoms with Gasteiger partial charge < -0.3 is 25.8 Å². The van der Waals surface area contributed by atoms with Gasteiger partial charge in [-0.15, -0.1) is 0 Å². The van der Waals surface area contributed by atoms with Crippen molar-refractivity contribution < 1.29 is 27.9 Å². The quantitative estimate of drug-likeness (QED) is 0.180. The predicted molar refractivity (Wildman–Crippen MR) is 173 cm³/mol. The van der Waals surface area contributed by atoms with Crippen molar-refractivity contribution in [2.45, 2.75) is 83.6 Å². The van der Waals surface area contributed by atoms with E-state index in [2.05, 4.69) is 23.9 Å². The average molecular weight is 632 g/mol. The lowest BCUT2D eigenvalue weighted by atomic mass is 9.89. The lowest BCUT2D eigenvalue weighted by Gasteiger charge is -2.26. The summed E-state index contributed by atoms with van der Waals surface area (Å²) in [5, 5.41) is 20.7. The summed E-state index contributed by atoms with van der Waals surface area (Å²) in [6.07, 6.45) is -0.323. The molecule has 1 aliphatic rings. The number of hydrogen-bond donors (Lipinski definition) is 5. The van der Waals surface area contributed by atoms with Crippen LogP contribution in [0.5, 0.6) is 0 Å². The van der Waals surface area contributed by atoms with Crippen LogP contribution in [0.1, 0.15) is 94.0 Å². The zero-order valence-electron chi connectivity index (χ0n) is 26.9. The van der Waals surface area contributed by atoms with Gasteiger partial charge in [-0.2, -0.15) is 4.72 Å². The summed E-state index contributed by atoms with van der Waals surface area (Å²) in [5.74, 6) is -1.43. The van der Waals surface area contributed by atoms with Gasteiger partial charge in [0.25, 0.3) is 0 Å². The molecule has 1 atom stereocenters. The fourth-order valence-corrected chi connectivity index (χ4v) is 6.76. The second kappa shape index (κ2) is 16.6. The van der Waals surface area contributed by atoms with Crippen LogP contribution in [0.25, 0.3) is 0 Å². The summed E-state index contributed by atoms with van der Waals surface area (Å²) in [6, 6.07) is 9.07. The van der Waals surface area contributed by atoms with E-state index in [0.29, 0.717) is 28.9 Å². The van der Waals surface area contributed by atoms with Crippen LogP contribution in [0.3, 0.4) is 0 Å². The number of carbonyl (C=O) groups excluding carboxylic acids is 1. The highest BCUT2D eigenvalue weighted by Crippen LogP contribution is 2.35. The van der Waals surface area contributed by atoms with Crippen LogP contribution in [-0.2, 0) is 26.0 Å². The minimum Gasteiger partial charge on any atom is -0.480 e. The molecule has 6 N–H and O–H groups in total. The number of benzene rings is 2. The second-order valence-corrected chi connectivity index (χ2v) is 13.4. The number of aliphatic carboxylic acids is 1. The molecule has 1 saturated heterocycles. The molecule has 11 nitrogen and oxygen atoms in total. The van der Waals surface area contributed by atoms with Crippen LogP contribution in [0, 0.1) is 5.41 Å². The van der Waals surface area contributed by atoms with E-state index in [9.17, 15) is 23.1 Å². The number of nitrogens with zero attached hydrogens (tertiary/aromatic N) is 1. The second-order valence-electron chi connectivity index (χ2n) is 11.7. The van der Waals surface area contributed by atoms with Crippen LogP contribution < -0.4 is 15.8 Å². The summed E-state index contributed by atoms with van der Waals surface area (Å²) in [4.78, 5) is 25.0. The third-order valence-corrected chi connectivity index (χ3v) is 8.92. The average Bonchev–Trinajstić information content (AvgIpc) is 2.96. The number of nitrogens with one attached hydrogen (secondary N) is 3. The Labute approximate surface area is 262 Å². The van der Waals surface area contributed by atoms with E-state index in [1.807, 2.05) is 46.8 Å². The third kappa shape index (κ3) is 10.0. The molecule has 1 amide bonds. The van der Waals surface area contributed by atoms with Gasteiger partial charge in [0.15, 0.2) is 0 Å². The van der Waals surface area contributed by atoms with Crippen LogP contribution in [0.4, 0.5) is 4.79 Å². The number of amides is 1. The Hall–Kier alpha value is -3.48. The molecule has 44 heavy (non-hydrogen) atoms. The molecule has 0 spiro atoms. The van der Waals surface area contributed by atoms with Crippen LogP contribution in [0.2, 0.25) is 0 Å². The SMILES string of the molecule is CC(C)c1cc(C(C)C)c(S(=O)(=O)NC(Cc2ccccc2C(=N)N)C(=O)O)c(C(C)C)c1.CCOC(=O)N1CCNCC1. The number of ether oxygens (including phenoxy) is 1. The van der Waals surface area contributed by atoms with E-state index in [1.54, 1.807) is 29.2 Å². The molecule has 12 heteroatoms. The molecular formula is C32H49N5O6S. The zero-order chi connectivity index (χ0) is 33.2. The maximum Gasteiger partial charge on any atom is 0.409 e. The Morgan fingerprint density at radius 1 is 1.02 bits per heavy atom. The van der Waals surface area contributed by atoms with Gasteiger partial charge in [-0.25, -0.2) is 13.2 Å². The van der Waals surface area contributed by atoms with Crippen molar-refractivity contribution in [2.24, 2.45) is 5.73 Å². The summed E-state index contributed by atoms with van der Waals surface area (Å²) in [5.41, 5.74) is 8.89. The number of carboxylic acid groups (broad SMARTS) is 1. The molecule has 1 heterocycles. The first kappa shape index (κ1) is 36.7. The van der Waals surface area contributed by atoms with Gasteiger partial charge in [0, 0.05) is 38.2 Å². The van der Waals surface area contributed by atoms with E-state index in [1.165, 1.54) is 0 Å². The van der Waals surface area contributed by atoms with Crippen molar-refractivity contribution in [3.05, 3.63) is 64.2 Å². The minimum absolute atomic E-state index is 0.0745. The molecule has 2 aromatic carbocycles. The fourth-order valence-electron chi connectivity index (χ4n) is 4.87. The summed E-state index contributed by atoms with van der Waals surface area (Å²) < 4.78 is 34.6. The van der Waals surface area contributed by atoms with E-state index in [0.717, 1.165) is 31.7 Å². The normalized spacial score (nSPS) is 14.3. The number of piperazine rings is 1. The molecule has 1 fully saturated rings. The van der Waals surface area contributed by atoms with Gasteiger partial charge in [-0.05, 0) is 46.9 Å². The van der Waals surface area contributed by atoms with Gasteiger partial charge in [0.05, 0.1) is 11.5 Å². The first-order chi connectivity index (χ1) is 20.6. The predicted octanol–water partition coefficient (Wildman–Crippen LogP) is 4.36. The van der Waals surface area contributed by atoms with Crippen molar-refractivity contribution >= 4 is 27.9 Å². The number of amidine groups is 1. The van der Waals surface area contributed by atoms with Gasteiger partial charge in [0.2, 0.25) is 10.0 Å². The van der Waals surface area contributed by atoms with E-state index >= 15 is 0 Å². The van der Waals surface area contributed by atoms with Crippen molar-refractivity contribution in [3.63, 3.8) is 0 Å².